The minimum atomic E-state index is -3.69. The van der Waals surface area contributed by atoms with Crippen LogP contribution in [0.3, 0.4) is 0 Å². The summed E-state index contributed by atoms with van der Waals surface area (Å²) < 4.78 is 55.9. The smallest absolute Gasteiger partial charge is 0.267 e. The molecule has 3 saturated heterocycles. The molecule has 1 atom stereocenters. The van der Waals surface area contributed by atoms with Crippen LogP contribution in [-0.4, -0.2) is 94.6 Å². The number of hydrogen-bond donors (Lipinski definition) is 0. The second-order valence-corrected chi connectivity index (χ2v) is 9.91. The Balaban J connectivity index is 1.27. The molecule has 1 aromatic carbocycles. The van der Waals surface area contributed by atoms with Crippen molar-refractivity contribution in [1.82, 2.24) is 9.21 Å². The summed E-state index contributed by atoms with van der Waals surface area (Å²) in [6.07, 6.45) is 0.252. The Morgan fingerprint density at radius 2 is 1.68 bits per heavy atom. The van der Waals surface area contributed by atoms with Crippen molar-refractivity contribution in [2.75, 3.05) is 59.2 Å². The number of benzene rings is 1. The van der Waals surface area contributed by atoms with Gasteiger partial charge in [0, 0.05) is 45.1 Å². The standard InChI is InChI=1S/C20H26N2O8S/c23-19(21-7-9-26-10-8-21)18-14-27-17-13-15(1-2-16(17)30-18)31(24,25)22-5-3-20(4-6-22)28-11-12-29-20/h1-2,13,18H,3-12,14H2/t18-/m1/s1. The molecule has 10 nitrogen and oxygen atoms in total. The van der Waals surface area contributed by atoms with Crippen molar-refractivity contribution in [2.24, 2.45) is 0 Å². The number of nitrogens with zero attached hydrogens (tertiary/aromatic N) is 2. The molecule has 11 heteroatoms. The summed E-state index contributed by atoms with van der Waals surface area (Å²) in [6.45, 7) is 3.84. The van der Waals surface area contributed by atoms with Gasteiger partial charge in [-0.1, -0.05) is 0 Å². The Morgan fingerprint density at radius 3 is 2.39 bits per heavy atom. The molecular weight excluding hydrogens is 428 g/mol. The van der Waals surface area contributed by atoms with Crippen LogP contribution in [0.15, 0.2) is 23.1 Å². The largest absolute Gasteiger partial charge is 0.485 e. The van der Waals surface area contributed by atoms with Crippen LogP contribution >= 0.6 is 0 Å². The second-order valence-electron chi connectivity index (χ2n) is 7.98. The maximum Gasteiger partial charge on any atom is 0.267 e. The van der Waals surface area contributed by atoms with E-state index in [-0.39, 0.29) is 17.4 Å². The predicted molar refractivity (Wildman–Crippen MR) is 106 cm³/mol. The van der Waals surface area contributed by atoms with Gasteiger partial charge < -0.3 is 28.6 Å². The lowest BCUT2D eigenvalue weighted by atomic mass is 10.1. The fourth-order valence-corrected chi connectivity index (χ4v) is 5.78. The zero-order valence-electron chi connectivity index (χ0n) is 17.2. The number of morpholine rings is 1. The van der Waals surface area contributed by atoms with Gasteiger partial charge in [-0.05, 0) is 12.1 Å². The summed E-state index contributed by atoms with van der Waals surface area (Å²) in [6, 6.07) is 4.51. The van der Waals surface area contributed by atoms with Crippen molar-refractivity contribution in [3.63, 3.8) is 0 Å². The van der Waals surface area contributed by atoms with Crippen LogP contribution in [-0.2, 0) is 29.0 Å². The van der Waals surface area contributed by atoms with Crippen molar-refractivity contribution >= 4 is 15.9 Å². The highest BCUT2D eigenvalue weighted by Crippen LogP contribution is 2.37. The van der Waals surface area contributed by atoms with Crippen molar-refractivity contribution < 1.29 is 36.9 Å². The van der Waals surface area contributed by atoms with Crippen molar-refractivity contribution in [1.29, 1.82) is 0 Å². The molecule has 0 aliphatic carbocycles. The van der Waals surface area contributed by atoms with Crippen LogP contribution in [0.4, 0.5) is 0 Å². The summed E-state index contributed by atoms with van der Waals surface area (Å²) in [5, 5.41) is 0. The molecule has 0 bridgehead atoms. The molecule has 0 unspecified atom stereocenters. The lowest BCUT2D eigenvalue weighted by Crippen LogP contribution is -2.50. The number of carbonyl (C=O) groups excluding carboxylic acids is 1. The molecule has 0 saturated carbocycles. The number of fused-ring (bicyclic) bond motifs is 1. The van der Waals surface area contributed by atoms with E-state index >= 15 is 0 Å². The average Bonchev–Trinajstić information content (AvgIpc) is 3.26. The second kappa shape index (κ2) is 8.21. The molecule has 4 aliphatic heterocycles. The van der Waals surface area contributed by atoms with E-state index in [2.05, 4.69) is 0 Å². The Labute approximate surface area is 181 Å². The van der Waals surface area contributed by atoms with Gasteiger partial charge in [0.1, 0.15) is 6.61 Å². The molecule has 31 heavy (non-hydrogen) atoms. The van der Waals surface area contributed by atoms with Crippen LogP contribution in [0, 0.1) is 0 Å². The third-order valence-corrected chi connectivity index (χ3v) is 8.00. The normalized spacial score (nSPS) is 26.2. The molecule has 1 aromatic rings. The first-order chi connectivity index (χ1) is 15.0. The molecule has 1 spiro atoms. The number of sulfonamides is 1. The highest BCUT2D eigenvalue weighted by Gasteiger charge is 2.43. The summed E-state index contributed by atoms with van der Waals surface area (Å²) in [5.41, 5.74) is 0. The summed E-state index contributed by atoms with van der Waals surface area (Å²) in [4.78, 5) is 14.5. The zero-order chi connectivity index (χ0) is 21.5. The van der Waals surface area contributed by atoms with E-state index in [1.54, 1.807) is 11.0 Å². The fraction of sp³-hybridized carbons (Fsp3) is 0.650. The van der Waals surface area contributed by atoms with Gasteiger partial charge in [0.2, 0.25) is 16.1 Å². The molecule has 0 N–H and O–H groups in total. The average molecular weight is 455 g/mol. The van der Waals surface area contributed by atoms with E-state index in [9.17, 15) is 13.2 Å². The lowest BCUT2D eigenvalue weighted by Gasteiger charge is -2.37. The highest BCUT2D eigenvalue weighted by atomic mass is 32.2. The Morgan fingerprint density at radius 1 is 0.968 bits per heavy atom. The first-order valence-corrected chi connectivity index (χ1v) is 12.0. The van der Waals surface area contributed by atoms with E-state index in [0.717, 1.165) is 0 Å². The van der Waals surface area contributed by atoms with Gasteiger partial charge in [-0.2, -0.15) is 4.31 Å². The van der Waals surface area contributed by atoms with Gasteiger partial charge in [0.15, 0.2) is 17.3 Å². The fourth-order valence-electron chi connectivity index (χ4n) is 4.32. The van der Waals surface area contributed by atoms with Gasteiger partial charge in [0.25, 0.3) is 5.91 Å². The molecule has 0 aromatic heterocycles. The minimum Gasteiger partial charge on any atom is -0.485 e. The van der Waals surface area contributed by atoms with Gasteiger partial charge in [-0.25, -0.2) is 8.42 Å². The Bertz CT molecular complexity index is 930. The van der Waals surface area contributed by atoms with E-state index in [1.165, 1.54) is 16.4 Å². The quantitative estimate of drug-likeness (QED) is 0.639. The van der Waals surface area contributed by atoms with E-state index in [0.29, 0.717) is 76.9 Å². The minimum absolute atomic E-state index is 0.0353. The van der Waals surface area contributed by atoms with Crippen LogP contribution in [0.5, 0.6) is 11.5 Å². The molecule has 4 heterocycles. The van der Waals surface area contributed by atoms with Crippen LogP contribution in [0.2, 0.25) is 0 Å². The highest BCUT2D eigenvalue weighted by molar-refractivity contribution is 7.89. The predicted octanol–water partition coefficient (Wildman–Crippen LogP) is 0.213. The summed E-state index contributed by atoms with van der Waals surface area (Å²) >= 11 is 0. The van der Waals surface area contributed by atoms with Gasteiger partial charge in [-0.15, -0.1) is 0 Å². The van der Waals surface area contributed by atoms with Crippen molar-refractivity contribution in [3.8, 4) is 11.5 Å². The molecule has 3 fully saturated rings. The number of ether oxygens (including phenoxy) is 5. The third-order valence-electron chi connectivity index (χ3n) is 6.11. The number of rotatable bonds is 3. The zero-order valence-corrected chi connectivity index (χ0v) is 18.0. The van der Waals surface area contributed by atoms with Crippen LogP contribution < -0.4 is 9.47 Å². The number of hydrogen-bond acceptors (Lipinski definition) is 8. The summed E-state index contributed by atoms with van der Waals surface area (Å²) in [5.74, 6) is -0.102. The molecule has 4 aliphatic rings. The van der Waals surface area contributed by atoms with Gasteiger partial charge >= 0.3 is 0 Å². The van der Waals surface area contributed by atoms with E-state index in [4.69, 9.17) is 23.7 Å². The maximum atomic E-state index is 13.1. The first kappa shape index (κ1) is 21.0. The number of piperidine rings is 1. The monoisotopic (exact) mass is 454 g/mol. The molecular formula is C20H26N2O8S. The maximum absolute atomic E-state index is 13.1. The third kappa shape index (κ3) is 4.00. The topological polar surface area (TPSA) is 104 Å². The van der Waals surface area contributed by atoms with Gasteiger partial charge in [-0.3, -0.25) is 4.79 Å². The lowest BCUT2D eigenvalue weighted by molar-refractivity contribution is -0.179. The van der Waals surface area contributed by atoms with Gasteiger partial charge in [0.05, 0.1) is 31.3 Å². The molecule has 0 radical (unpaired) electrons. The number of amides is 1. The van der Waals surface area contributed by atoms with Crippen LogP contribution in [0.25, 0.3) is 0 Å². The Kier molecular flexibility index (Phi) is 5.55. The van der Waals surface area contributed by atoms with E-state index < -0.39 is 21.9 Å². The van der Waals surface area contributed by atoms with Crippen molar-refractivity contribution in [2.45, 2.75) is 29.6 Å². The molecule has 1 amide bonds. The summed E-state index contributed by atoms with van der Waals surface area (Å²) in [7, 11) is -3.69. The molecule has 5 rings (SSSR count). The van der Waals surface area contributed by atoms with Crippen LogP contribution in [0.1, 0.15) is 12.8 Å². The van der Waals surface area contributed by atoms with Crippen molar-refractivity contribution in [3.05, 3.63) is 18.2 Å². The Hall–Kier alpha value is -1.92. The molecule has 170 valence electrons. The SMILES string of the molecule is O=C([C@H]1COc2cc(S(=O)(=O)N3CCC4(CC3)OCCO4)ccc2O1)N1CCOCC1. The first-order valence-electron chi connectivity index (χ1n) is 10.6. The van der Waals surface area contributed by atoms with E-state index in [1.807, 2.05) is 0 Å². The number of carbonyl (C=O) groups is 1.